The number of nitrogens with one attached hydrogen (secondary N) is 1. The lowest BCUT2D eigenvalue weighted by atomic mass is 9.80. The van der Waals surface area contributed by atoms with Crippen LogP contribution in [-0.2, 0) is 6.54 Å². The van der Waals surface area contributed by atoms with Gasteiger partial charge in [0.2, 0.25) is 0 Å². The maximum absolute atomic E-state index is 12.3. The van der Waals surface area contributed by atoms with Crippen molar-refractivity contribution in [1.82, 2.24) is 15.1 Å². The lowest BCUT2D eigenvalue weighted by Crippen LogP contribution is -2.33. The molecule has 2 atom stereocenters. The second kappa shape index (κ2) is 7.59. The second-order valence-electron chi connectivity index (χ2n) is 6.24. The monoisotopic (exact) mass is 292 g/mol. The molecule has 1 aromatic rings. The number of rotatable bonds is 6. The van der Waals surface area contributed by atoms with Crippen molar-refractivity contribution in [3.63, 3.8) is 0 Å². The van der Waals surface area contributed by atoms with E-state index < -0.39 is 0 Å². The van der Waals surface area contributed by atoms with E-state index in [0.29, 0.717) is 23.9 Å². The third-order valence-electron chi connectivity index (χ3n) is 4.74. The first-order valence-corrected chi connectivity index (χ1v) is 8.14. The summed E-state index contributed by atoms with van der Waals surface area (Å²) in [4.78, 5) is 12.3. The van der Waals surface area contributed by atoms with Crippen LogP contribution in [-0.4, -0.2) is 28.8 Å². The predicted octanol–water partition coefficient (Wildman–Crippen LogP) is 2.10. The highest BCUT2D eigenvalue weighted by Crippen LogP contribution is 2.28. The van der Waals surface area contributed by atoms with E-state index in [1.807, 2.05) is 11.6 Å². The second-order valence-corrected chi connectivity index (χ2v) is 6.24. The van der Waals surface area contributed by atoms with Crippen molar-refractivity contribution in [1.29, 1.82) is 0 Å². The highest BCUT2D eigenvalue weighted by Gasteiger charge is 2.22. The summed E-state index contributed by atoms with van der Waals surface area (Å²) >= 11 is 0. The maximum Gasteiger partial charge on any atom is 0.254 e. The zero-order valence-corrected chi connectivity index (χ0v) is 13.3. The molecule has 0 spiro atoms. The van der Waals surface area contributed by atoms with E-state index in [9.17, 15) is 4.79 Å². The number of carbonyl (C=O) groups excluding carboxylic acids is 1. The third-order valence-corrected chi connectivity index (χ3v) is 4.74. The topological polar surface area (TPSA) is 72.9 Å². The molecule has 1 amide bonds. The van der Waals surface area contributed by atoms with E-state index in [0.717, 1.165) is 25.2 Å². The van der Waals surface area contributed by atoms with Gasteiger partial charge in [0.1, 0.15) is 0 Å². The fourth-order valence-corrected chi connectivity index (χ4v) is 3.15. The Balaban J connectivity index is 1.89. The number of aromatic nitrogens is 2. The molecule has 3 N–H and O–H groups in total. The van der Waals surface area contributed by atoms with Crippen LogP contribution in [0.2, 0.25) is 0 Å². The lowest BCUT2D eigenvalue weighted by Gasteiger charge is -2.28. The van der Waals surface area contributed by atoms with Crippen molar-refractivity contribution in [2.45, 2.75) is 52.5 Å². The SMILES string of the molecule is Cc1c(C(=O)NCC2CCCCC2C)cnn1CCCN. The molecule has 0 saturated heterocycles. The standard InChI is InChI=1S/C16H28N4O/c1-12-6-3-4-7-14(12)10-18-16(21)15-11-19-20(13(15)2)9-5-8-17/h11-12,14H,3-10,17H2,1-2H3,(H,18,21). The van der Waals surface area contributed by atoms with E-state index in [-0.39, 0.29) is 5.91 Å². The van der Waals surface area contributed by atoms with Gasteiger partial charge in [-0.05, 0) is 38.1 Å². The van der Waals surface area contributed by atoms with Gasteiger partial charge in [0.05, 0.1) is 11.8 Å². The van der Waals surface area contributed by atoms with Crippen molar-refractivity contribution >= 4 is 5.91 Å². The summed E-state index contributed by atoms with van der Waals surface area (Å²) in [6.07, 6.45) is 7.70. The first kappa shape index (κ1) is 16.0. The number of nitrogens with two attached hydrogens (primary N) is 1. The number of hydrogen-bond acceptors (Lipinski definition) is 3. The zero-order chi connectivity index (χ0) is 15.2. The fourth-order valence-electron chi connectivity index (χ4n) is 3.15. The molecule has 0 aliphatic heterocycles. The first-order chi connectivity index (χ1) is 10.1. The highest BCUT2D eigenvalue weighted by atomic mass is 16.1. The van der Waals surface area contributed by atoms with Gasteiger partial charge in [-0.1, -0.05) is 26.2 Å². The molecule has 2 unspecified atom stereocenters. The molecule has 2 rings (SSSR count). The Morgan fingerprint density at radius 3 is 2.95 bits per heavy atom. The van der Waals surface area contributed by atoms with Crippen molar-refractivity contribution in [2.75, 3.05) is 13.1 Å². The van der Waals surface area contributed by atoms with Crippen LogP contribution < -0.4 is 11.1 Å². The summed E-state index contributed by atoms with van der Waals surface area (Å²) in [6, 6.07) is 0. The molecule has 0 aromatic carbocycles. The molecule has 0 bridgehead atoms. The van der Waals surface area contributed by atoms with E-state index in [1.165, 1.54) is 25.7 Å². The quantitative estimate of drug-likeness (QED) is 0.843. The average molecular weight is 292 g/mol. The van der Waals surface area contributed by atoms with Crippen molar-refractivity contribution in [2.24, 2.45) is 17.6 Å². The minimum atomic E-state index is 0.00396. The van der Waals surface area contributed by atoms with Gasteiger partial charge in [0.25, 0.3) is 5.91 Å². The van der Waals surface area contributed by atoms with Gasteiger partial charge < -0.3 is 11.1 Å². The number of hydrogen-bond donors (Lipinski definition) is 2. The highest BCUT2D eigenvalue weighted by molar-refractivity contribution is 5.95. The van der Waals surface area contributed by atoms with Gasteiger partial charge in [-0.25, -0.2) is 0 Å². The first-order valence-electron chi connectivity index (χ1n) is 8.14. The van der Waals surface area contributed by atoms with Crippen LogP contribution in [0, 0.1) is 18.8 Å². The van der Waals surface area contributed by atoms with Crippen LogP contribution in [0.25, 0.3) is 0 Å². The molecular weight excluding hydrogens is 264 g/mol. The molecule has 5 heteroatoms. The minimum Gasteiger partial charge on any atom is -0.352 e. The maximum atomic E-state index is 12.3. The van der Waals surface area contributed by atoms with Gasteiger partial charge in [-0.3, -0.25) is 9.48 Å². The molecule has 0 radical (unpaired) electrons. The number of amides is 1. The molecule has 118 valence electrons. The molecule has 1 heterocycles. The Morgan fingerprint density at radius 1 is 1.48 bits per heavy atom. The summed E-state index contributed by atoms with van der Waals surface area (Å²) in [5.41, 5.74) is 7.13. The Morgan fingerprint density at radius 2 is 2.24 bits per heavy atom. The van der Waals surface area contributed by atoms with Gasteiger partial charge in [-0.2, -0.15) is 5.10 Å². The van der Waals surface area contributed by atoms with Crippen LogP contribution in [0.15, 0.2) is 6.20 Å². The summed E-state index contributed by atoms with van der Waals surface area (Å²) < 4.78 is 1.87. The van der Waals surface area contributed by atoms with Crippen molar-refractivity contribution in [3.8, 4) is 0 Å². The van der Waals surface area contributed by atoms with Crippen LogP contribution in [0.1, 0.15) is 55.1 Å². The Hall–Kier alpha value is -1.36. The van der Waals surface area contributed by atoms with Crippen molar-refractivity contribution < 1.29 is 4.79 Å². The van der Waals surface area contributed by atoms with Crippen LogP contribution in [0.3, 0.4) is 0 Å². The molecule has 1 aromatic heterocycles. The summed E-state index contributed by atoms with van der Waals surface area (Å²) in [5, 5.41) is 7.38. The number of nitrogens with zero attached hydrogens (tertiary/aromatic N) is 2. The number of aryl methyl sites for hydroxylation is 1. The Kier molecular flexibility index (Phi) is 5.79. The zero-order valence-electron chi connectivity index (χ0n) is 13.3. The van der Waals surface area contributed by atoms with Crippen LogP contribution in [0.5, 0.6) is 0 Å². The smallest absolute Gasteiger partial charge is 0.254 e. The van der Waals surface area contributed by atoms with E-state index in [4.69, 9.17) is 5.73 Å². The molecule has 1 saturated carbocycles. The minimum absolute atomic E-state index is 0.00396. The molecule has 1 aliphatic rings. The van der Waals surface area contributed by atoms with E-state index >= 15 is 0 Å². The Bertz CT molecular complexity index is 469. The third kappa shape index (κ3) is 4.06. The summed E-state index contributed by atoms with van der Waals surface area (Å²) in [6.45, 7) is 6.44. The molecule has 1 aliphatic carbocycles. The van der Waals surface area contributed by atoms with E-state index in [2.05, 4.69) is 17.3 Å². The summed E-state index contributed by atoms with van der Waals surface area (Å²) in [7, 11) is 0. The van der Waals surface area contributed by atoms with E-state index in [1.54, 1.807) is 6.20 Å². The molecule has 1 fully saturated rings. The van der Waals surface area contributed by atoms with Gasteiger partial charge in [0, 0.05) is 18.8 Å². The fraction of sp³-hybridized carbons (Fsp3) is 0.750. The normalized spacial score (nSPS) is 22.2. The molecule has 5 nitrogen and oxygen atoms in total. The van der Waals surface area contributed by atoms with Gasteiger partial charge in [-0.15, -0.1) is 0 Å². The van der Waals surface area contributed by atoms with Crippen molar-refractivity contribution in [3.05, 3.63) is 17.5 Å². The average Bonchev–Trinajstić information content (AvgIpc) is 2.85. The van der Waals surface area contributed by atoms with Crippen LogP contribution in [0.4, 0.5) is 0 Å². The van der Waals surface area contributed by atoms with Crippen LogP contribution >= 0.6 is 0 Å². The predicted molar refractivity (Wildman–Crippen MR) is 84.1 cm³/mol. The Labute approximate surface area is 127 Å². The van der Waals surface area contributed by atoms with Gasteiger partial charge >= 0.3 is 0 Å². The summed E-state index contributed by atoms with van der Waals surface area (Å²) in [5.74, 6) is 1.34. The molecule has 21 heavy (non-hydrogen) atoms. The lowest BCUT2D eigenvalue weighted by molar-refractivity contribution is 0.0935. The molecular formula is C16H28N4O. The largest absolute Gasteiger partial charge is 0.352 e. The number of carbonyl (C=O) groups is 1. The van der Waals surface area contributed by atoms with Gasteiger partial charge in [0.15, 0.2) is 0 Å².